The van der Waals surface area contributed by atoms with Gasteiger partial charge >= 0.3 is 0 Å². The second kappa shape index (κ2) is 5.36. The monoisotopic (exact) mass is 298 g/mol. The number of H-pyrrole nitrogens is 1. The Morgan fingerprint density at radius 2 is 1.82 bits per heavy atom. The van der Waals surface area contributed by atoms with E-state index < -0.39 is 5.91 Å². The Labute approximate surface area is 126 Å². The molecular formula is C15H14N4O3. The van der Waals surface area contributed by atoms with Gasteiger partial charge in [0.15, 0.2) is 5.65 Å². The van der Waals surface area contributed by atoms with Crippen molar-refractivity contribution in [1.82, 2.24) is 15.2 Å². The molecule has 0 unspecified atom stereocenters. The number of nitrogens with one attached hydrogen (secondary N) is 1. The summed E-state index contributed by atoms with van der Waals surface area (Å²) >= 11 is 0. The van der Waals surface area contributed by atoms with Gasteiger partial charge in [0.2, 0.25) is 0 Å². The molecule has 2 aromatic heterocycles. The number of nitrogens with two attached hydrogens (primary N) is 1. The summed E-state index contributed by atoms with van der Waals surface area (Å²) in [7, 11) is 3.15. The zero-order valence-corrected chi connectivity index (χ0v) is 12.1. The first-order valence-corrected chi connectivity index (χ1v) is 6.49. The fourth-order valence-electron chi connectivity index (χ4n) is 2.26. The molecular weight excluding hydrogens is 284 g/mol. The SMILES string of the molecule is COc1cc(OC)cc(-c2cc(C(N)=O)nc3[nH]ncc23)c1. The molecule has 0 saturated heterocycles. The van der Waals surface area contributed by atoms with Crippen molar-refractivity contribution in [2.75, 3.05) is 14.2 Å². The summed E-state index contributed by atoms with van der Waals surface area (Å²) < 4.78 is 10.6. The maximum atomic E-state index is 11.5. The van der Waals surface area contributed by atoms with Crippen molar-refractivity contribution in [2.24, 2.45) is 5.73 Å². The van der Waals surface area contributed by atoms with Gasteiger partial charge < -0.3 is 15.2 Å². The number of fused-ring (bicyclic) bond motifs is 1. The number of methoxy groups -OCH3 is 2. The molecule has 0 spiro atoms. The van der Waals surface area contributed by atoms with Gasteiger partial charge in [-0.25, -0.2) is 4.98 Å². The lowest BCUT2D eigenvalue weighted by atomic mass is 10.0. The summed E-state index contributed by atoms with van der Waals surface area (Å²) in [6.45, 7) is 0. The minimum Gasteiger partial charge on any atom is -0.497 e. The molecule has 1 aromatic carbocycles. The van der Waals surface area contributed by atoms with Crippen LogP contribution in [0.4, 0.5) is 0 Å². The Bertz CT molecular complexity index is 835. The highest BCUT2D eigenvalue weighted by Gasteiger charge is 2.14. The number of hydrogen-bond donors (Lipinski definition) is 2. The molecule has 0 aliphatic heterocycles. The molecule has 3 aromatic rings. The molecule has 0 aliphatic rings. The van der Waals surface area contributed by atoms with Gasteiger partial charge in [-0.1, -0.05) is 0 Å². The van der Waals surface area contributed by atoms with E-state index >= 15 is 0 Å². The van der Waals surface area contributed by atoms with Crippen molar-refractivity contribution in [3.63, 3.8) is 0 Å². The number of hydrogen-bond acceptors (Lipinski definition) is 5. The number of primary amides is 1. The number of aromatic amines is 1. The minimum atomic E-state index is -0.604. The quantitative estimate of drug-likeness (QED) is 0.763. The zero-order chi connectivity index (χ0) is 15.7. The van der Waals surface area contributed by atoms with Crippen LogP contribution >= 0.6 is 0 Å². The van der Waals surface area contributed by atoms with Crippen molar-refractivity contribution in [1.29, 1.82) is 0 Å². The highest BCUT2D eigenvalue weighted by molar-refractivity contribution is 5.99. The van der Waals surface area contributed by atoms with Gasteiger partial charge in [-0.3, -0.25) is 9.89 Å². The van der Waals surface area contributed by atoms with E-state index in [2.05, 4.69) is 15.2 Å². The standard InChI is InChI=1S/C15H14N4O3/c1-21-9-3-8(4-10(5-9)22-2)11-6-13(14(16)20)18-15-12(11)7-17-19-15/h3-7H,1-2H3,(H2,16,20)(H,17,18,19). The van der Waals surface area contributed by atoms with Gasteiger partial charge in [0.05, 0.1) is 20.4 Å². The zero-order valence-electron chi connectivity index (χ0n) is 12.1. The molecule has 112 valence electrons. The third-order valence-electron chi connectivity index (χ3n) is 3.34. The van der Waals surface area contributed by atoms with Crippen molar-refractivity contribution in [3.8, 4) is 22.6 Å². The van der Waals surface area contributed by atoms with Crippen LogP contribution in [0.15, 0.2) is 30.5 Å². The highest BCUT2D eigenvalue weighted by atomic mass is 16.5. The second-order valence-electron chi connectivity index (χ2n) is 4.65. The number of benzene rings is 1. The first-order valence-electron chi connectivity index (χ1n) is 6.49. The van der Waals surface area contributed by atoms with Gasteiger partial charge in [0.1, 0.15) is 17.2 Å². The molecule has 0 fully saturated rings. The highest BCUT2D eigenvalue weighted by Crippen LogP contribution is 2.33. The van der Waals surface area contributed by atoms with Crippen LogP contribution in [0.3, 0.4) is 0 Å². The number of rotatable bonds is 4. The second-order valence-corrected chi connectivity index (χ2v) is 4.65. The van der Waals surface area contributed by atoms with Crippen LogP contribution in [0.5, 0.6) is 11.5 Å². The lowest BCUT2D eigenvalue weighted by Gasteiger charge is -2.10. The van der Waals surface area contributed by atoms with E-state index in [1.807, 2.05) is 12.1 Å². The van der Waals surface area contributed by atoms with Crippen LogP contribution in [0.2, 0.25) is 0 Å². The molecule has 3 rings (SSSR count). The molecule has 0 atom stereocenters. The van der Waals surface area contributed by atoms with Gasteiger partial charge in [-0.2, -0.15) is 5.10 Å². The Hall–Kier alpha value is -3.09. The first kappa shape index (κ1) is 13.9. The van der Waals surface area contributed by atoms with E-state index in [9.17, 15) is 4.79 Å². The first-order chi connectivity index (χ1) is 10.6. The smallest absolute Gasteiger partial charge is 0.267 e. The van der Waals surface area contributed by atoms with E-state index in [-0.39, 0.29) is 5.69 Å². The fraction of sp³-hybridized carbons (Fsp3) is 0.133. The molecule has 7 nitrogen and oxygen atoms in total. The number of ether oxygens (including phenoxy) is 2. The average molecular weight is 298 g/mol. The number of aromatic nitrogens is 3. The summed E-state index contributed by atoms with van der Waals surface area (Å²) in [4.78, 5) is 15.6. The van der Waals surface area contributed by atoms with Crippen LogP contribution < -0.4 is 15.2 Å². The van der Waals surface area contributed by atoms with Gasteiger partial charge in [-0.15, -0.1) is 0 Å². The Morgan fingerprint density at radius 3 is 2.41 bits per heavy atom. The third-order valence-corrected chi connectivity index (χ3v) is 3.34. The van der Waals surface area contributed by atoms with E-state index in [1.165, 1.54) is 0 Å². The van der Waals surface area contributed by atoms with E-state index in [1.54, 1.807) is 32.5 Å². The third kappa shape index (κ3) is 2.32. The maximum absolute atomic E-state index is 11.5. The Balaban J connectivity index is 2.29. The lowest BCUT2D eigenvalue weighted by molar-refractivity contribution is 0.0996. The van der Waals surface area contributed by atoms with Gasteiger partial charge in [-0.05, 0) is 29.3 Å². The molecule has 1 amide bonds. The van der Waals surface area contributed by atoms with Crippen LogP contribution in [-0.4, -0.2) is 35.3 Å². The number of pyridine rings is 1. The lowest BCUT2D eigenvalue weighted by Crippen LogP contribution is -2.13. The largest absolute Gasteiger partial charge is 0.497 e. The molecule has 0 bridgehead atoms. The topological polar surface area (TPSA) is 103 Å². The van der Waals surface area contributed by atoms with Crippen LogP contribution in [-0.2, 0) is 0 Å². The average Bonchev–Trinajstić information content (AvgIpc) is 3.01. The Morgan fingerprint density at radius 1 is 1.14 bits per heavy atom. The van der Waals surface area contributed by atoms with Crippen molar-refractivity contribution >= 4 is 16.9 Å². The normalized spacial score (nSPS) is 10.6. The van der Waals surface area contributed by atoms with Crippen molar-refractivity contribution < 1.29 is 14.3 Å². The Kier molecular flexibility index (Phi) is 3.38. The van der Waals surface area contributed by atoms with Crippen LogP contribution in [0.1, 0.15) is 10.5 Å². The summed E-state index contributed by atoms with van der Waals surface area (Å²) in [5.74, 6) is 0.680. The molecule has 7 heteroatoms. The molecule has 3 N–H and O–H groups in total. The summed E-state index contributed by atoms with van der Waals surface area (Å²) in [5, 5.41) is 7.50. The predicted molar refractivity (Wildman–Crippen MR) is 80.9 cm³/mol. The molecule has 0 radical (unpaired) electrons. The minimum absolute atomic E-state index is 0.161. The predicted octanol–water partition coefficient (Wildman–Crippen LogP) is 1.74. The summed E-state index contributed by atoms with van der Waals surface area (Å²) in [5.41, 5.74) is 7.58. The maximum Gasteiger partial charge on any atom is 0.267 e. The number of nitrogens with zero attached hydrogens (tertiary/aromatic N) is 2. The number of carbonyl (C=O) groups is 1. The molecule has 0 saturated carbocycles. The van der Waals surface area contributed by atoms with Gasteiger partial charge in [0.25, 0.3) is 5.91 Å². The summed E-state index contributed by atoms with van der Waals surface area (Å²) in [6.07, 6.45) is 1.65. The number of amides is 1. The van der Waals surface area contributed by atoms with Gasteiger partial charge in [0, 0.05) is 11.5 Å². The van der Waals surface area contributed by atoms with E-state index in [0.29, 0.717) is 17.1 Å². The van der Waals surface area contributed by atoms with Crippen LogP contribution in [0.25, 0.3) is 22.2 Å². The molecule has 2 heterocycles. The number of carbonyl (C=O) groups excluding carboxylic acids is 1. The summed E-state index contributed by atoms with van der Waals surface area (Å²) in [6, 6.07) is 7.09. The van der Waals surface area contributed by atoms with Crippen molar-refractivity contribution in [3.05, 3.63) is 36.2 Å². The van der Waals surface area contributed by atoms with E-state index in [4.69, 9.17) is 15.2 Å². The molecule has 22 heavy (non-hydrogen) atoms. The molecule has 0 aliphatic carbocycles. The fourth-order valence-corrected chi connectivity index (χ4v) is 2.26. The van der Waals surface area contributed by atoms with E-state index in [0.717, 1.165) is 16.5 Å². The van der Waals surface area contributed by atoms with Crippen LogP contribution in [0, 0.1) is 0 Å². The van der Waals surface area contributed by atoms with Crippen molar-refractivity contribution in [2.45, 2.75) is 0 Å².